The van der Waals surface area contributed by atoms with Gasteiger partial charge < -0.3 is 20.5 Å². The van der Waals surface area contributed by atoms with Gasteiger partial charge in [-0.05, 0) is 50.3 Å². The molecule has 2 aromatic rings. The molecule has 0 saturated carbocycles. The van der Waals surface area contributed by atoms with Crippen molar-refractivity contribution in [3.8, 4) is 11.6 Å². The maximum absolute atomic E-state index is 11.8. The van der Waals surface area contributed by atoms with E-state index in [1.807, 2.05) is 20.8 Å². The first-order chi connectivity index (χ1) is 12.8. The predicted molar refractivity (Wildman–Crippen MR) is 102 cm³/mol. The van der Waals surface area contributed by atoms with Crippen LogP contribution in [-0.2, 0) is 4.79 Å². The molecule has 0 bridgehead atoms. The van der Waals surface area contributed by atoms with E-state index < -0.39 is 5.91 Å². The Hall–Kier alpha value is -2.83. The van der Waals surface area contributed by atoms with E-state index in [9.17, 15) is 9.59 Å². The third-order valence-corrected chi connectivity index (χ3v) is 4.57. The van der Waals surface area contributed by atoms with Crippen molar-refractivity contribution in [2.45, 2.75) is 52.2 Å². The smallest absolute Gasteiger partial charge is 0.252 e. The number of aryl methyl sites for hydroxylation is 1. The van der Waals surface area contributed by atoms with Crippen molar-refractivity contribution in [1.29, 1.82) is 0 Å². The molecule has 2 amide bonds. The van der Waals surface area contributed by atoms with Crippen molar-refractivity contribution in [3.63, 3.8) is 0 Å². The Balaban J connectivity index is 1.89. The molecule has 27 heavy (non-hydrogen) atoms. The lowest BCUT2D eigenvalue weighted by atomic mass is 10.0. The number of pyridine rings is 1. The second-order valence-electron chi connectivity index (χ2n) is 7.11. The van der Waals surface area contributed by atoms with Gasteiger partial charge in [-0.25, -0.2) is 4.98 Å². The summed E-state index contributed by atoms with van der Waals surface area (Å²) in [5.74, 6) is 0.450. The fourth-order valence-electron chi connectivity index (χ4n) is 3.23. The number of rotatable bonds is 7. The number of benzene rings is 1. The molecule has 1 aliphatic heterocycles. The van der Waals surface area contributed by atoms with Gasteiger partial charge in [0.25, 0.3) is 5.91 Å². The van der Waals surface area contributed by atoms with Crippen LogP contribution in [0, 0.1) is 6.92 Å². The lowest BCUT2D eigenvalue weighted by molar-refractivity contribution is -0.119. The number of primary amides is 1. The van der Waals surface area contributed by atoms with Crippen LogP contribution in [-0.4, -0.2) is 35.6 Å². The van der Waals surface area contributed by atoms with Gasteiger partial charge in [-0.15, -0.1) is 0 Å². The quantitative estimate of drug-likeness (QED) is 0.778. The van der Waals surface area contributed by atoms with Crippen molar-refractivity contribution >= 4 is 22.6 Å². The highest BCUT2D eigenvalue weighted by atomic mass is 16.5. The van der Waals surface area contributed by atoms with E-state index in [4.69, 9.17) is 15.2 Å². The molecule has 2 heterocycles. The SMILES string of the molecule is Cc1cnc(OCC[C@@H]2CCC(=O)N2)c2cc(OC(C)C)c(C(N)=O)cc12. The van der Waals surface area contributed by atoms with E-state index in [2.05, 4.69) is 10.3 Å². The van der Waals surface area contributed by atoms with Gasteiger partial charge in [0, 0.05) is 30.5 Å². The van der Waals surface area contributed by atoms with E-state index in [-0.39, 0.29) is 18.1 Å². The number of nitrogens with zero attached hydrogens (tertiary/aromatic N) is 1. The van der Waals surface area contributed by atoms with Crippen molar-refractivity contribution in [1.82, 2.24) is 10.3 Å². The molecule has 0 spiro atoms. The first kappa shape index (κ1) is 18.9. The molecule has 7 nitrogen and oxygen atoms in total. The summed E-state index contributed by atoms with van der Waals surface area (Å²) in [5, 5.41) is 4.54. The molecule has 1 aliphatic rings. The standard InChI is InChI=1S/C20H25N3O4/c1-11(2)27-17-9-15-14(8-16(17)19(21)25)12(3)10-22-20(15)26-7-6-13-4-5-18(24)23-13/h8-11,13H,4-7H2,1-3H3,(H2,21,25)(H,23,24)/t13-/m0/s1. The highest BCUT2D eigenvalue weighted by Crippen LogP contribution is 2.33. The lowest BCUT2D eigenvalue weighted by Crippen LogP contribution is -2.26. The van der Waals surface area contributed by atoms with E-state index >= 15 is 0 Å². The summed E-state index contributed by atoms with van der Waals surface area (Å²) in [7, 11) is 0. The second kappa shape index (κ2) is 7.82. The normalized spacial score (nSPS) is 16.6. The van der Waals surface area contributed by atoms with Gasteiger partial charge in [-0.1, -0.05) is 0 Å². The predicted octanol–water partition coefficient (Wildman–Crippen LogP) is 2.48. The number of fused-ring (bicyclic) bond motifs is 1. The summed E-state index contributed by atoms with van der Waals surface area (Å²) < 4.78 is 11.7. The van der Waals surface area contributed by atoms with Gasteiger partial charge in [-0.3, -0.25) is 9.59 Å². The number of amides is 2. The van der Waals surface area contributed by atoms with E-state index in [1.54, 1.807) is 18.3 Å². The molecule has 3 N–H and O–H groups in total. The van der Waals surface area contributed by atoms with Crippen LogP contribution in [0.3, 0.4) is 0 Å². The van der Waals surface area contributed by atoms with Crippen molar-refractivity contribution in [3.05, 3.63) is 29.5 Å². The second-order valence-corrected chi connectivity index (χ2v) is 7.11. The van der Waals surface area contributed by atoms with Crippen LogP contribution in [0.5, 0.6) is 11.6 Å². The van der Waals surface area contributed by atoms with Crippen molar-refractivity contribution < 1.29 is 19.1 Å². The molecule has 0 aliphatic carbocycles. The zero-order valence-corrected chi connectivity index (χ0v) is 15.9. The monoisotopic (exact) mass is 371 g/mol. The summed E-state index contributed by atoms with van der Waals surface area (Å²) in [6.45, 7) is 6.13. The van der Waals surface area contributed by atoms with E-state index in [0.717, 1.165) is 29.2 Å². The highest BCUT2D eigenvalue weighted by Gasteiger charge is 2.21. The fourth-order valence-corrected chi connectivity index (χ4v) is 3.23. The first-order valence-electron chi connectivity index (χ1n) is 9.17. The highest BCUT2D eigenvalue weighted by molar-refractivity contribution is 6.02. The molecule has 0 radical (unpaired) electrons. The Morgan fingerprint density at radius 1 is 1.37 bits per heavy atom. The molecule has 1 aromatic carbocycles. The average Bonchev–Trinajstić information content (AvgIpc) is 3.01. The molecular weight excluding hydrogens is 346 g/mol. The molecule has 1 fully saturated rings. The molecule has 1 aromatic heterocycles. The number of hydrogen-bond acceptors (Lipinski definition) is 5. The zero-order chi connectivity index (χ0) is 19.6. The lowest BCUT2D eigenvalue weighted by Gasteiger charge is -2.17. The number of carbonyl (C=O) groups is 2. The maximum atomic E-state index is 11.8. The van der Waals surface area contributed by atoms with Crippen LogP contribution in [0.15, 0.2) is 18.3 Å². The first-order valence-corrected chi connectivity index (χ1v) is 9.17. The van der Waals surface area contributed by atoms with Gasteiger partial charge in [0.2, 0.25) is 11.8 Å². The summed E-state index contributed by atoms with van der Waals surface area (Å²) >= 11 is 0. The van der Waals surface area contributed by atoms with Crippen LogP contribution >= 0.6 is 0 Å². The molecule has 1 atom stereocenters. The maximum Gasteiger partial charge on any atom is 0.252 e. The largest absolute Gasteiger partial charge is 0.490 e. The number of nitrogens with one attached hydrogen (secondary N) is 1. The third-order valence-electron chi connectivity index (χ3n) is 4.57. The number of aromatic nitrogens is 1. The van der Waals surface area contributed by atoms with Crippen molar-refractivity contribution in [2.24, 2.45) is 5.73 Å². The molecule has 7 heteroatoms. The minimum Gasteiger partial charge on any atom is -0.490 e. The Morgan fingerprint density at radius 3 is 2.78 bits per heavy atom. The number of hydrogen-bond donors (Lipinski definition) is 2. The third kappa shape index (κ3) is 4.30. The molecular formula is C20H25N3O4. The Labute approximate surface area is 158 Å². The van der Waals surface area contributed by atoms with Crippen LogP contribution in [0.25, 0.3) is 10.8 Å². The zero-order valence-electron chi connectivity index (χ0n) is 15.9. The van der Waals surface area contributed by atoms with Gasteiger partial charge in [0.1, 0.15) is 5.75 Å². The van der Waals surface area contributed by atoms with Crippen LogP contribution in [0.2, 0.25) is 0 Å². The topological polar surface area (TPSA) is 104 Å². The van der Waals surface area contributed by atoms with Crippen molar-refractivity contribution in [2.75, 3.05) is 6.61 Å². The van der Waals surface area contributed by atoms with Gasteiger partial charge in [0.05, 0.1) is 18.3 Å². The Morgan fingerprint density at radius 2 is 2.15 bits per heavy atom. The summed E-state index contributed by atoms with van der Waals surface area (Å²) in [4.78, 5) is 27.5. The summed E-state index contributed by atoms with van der Waals surface area (Å²) in [5.41, 5.74) is 6.78. The molecule has 1 saturated heterocycles. The minimum atomic E-state index is -0.539. The van der Waals surface area contributed by atoms with Gasteiger partial charge >= 0.3 is 0 Å². The Bertz CT molecular complexity index is 879. The van der Waals surface area contributed by atoms with Crippen LogP contribution < -0.4 is 20.5 Å². The number of ether oxygens (including phenoxy) is 2. The number of nitrogens with two attached hydrogens (primary N) is 1. The van der Waals surface area contributed by atoms with Crippen LogP contribution in [0.4, 0.5) is 0 Å². The fraction of sp³-hybridized carbons (Fsp3) is 0.450. The van der Waals surface area contributed by atoms with Gasteiger partial charge in [-0.2, -0.15) is 0 Å². The minimum absolute atomic E-state index is 0.0911. The van der Waals surface area contributed by atoms with E-state index in [1.165, 1.54) is 0 Å². The summed E-state index contributed by atoms with van der Waals surface area (Å²) in [6.07, 6.45) is 3.73. The molecule has 144 valence electrons. The Kier molecular flexibility index (Phi) is 5.48. The molecule has 0 unspecified atom stereocenters. The summed E-state index contributed by atoms with van der Waals surface area (Å²) in [6, 6.07) is 3.65. The number of carbonyl (C=O) groups excluding carboxylic acids is 2. The van der Waals surface area contributed by atoms with Gasteiger partial charge in [0.15, 0.2) is 0 Å². The van der Waals surface area contributed by atoms with E-state index in [0.29, 0.717) is 30.2 Å². The van der Waals surface area contributed by atoms with Crippen LogP contribution in [0.1, 0.15) is 49.0 Å². The molecule has 3 rings (SSSR count). The average molecular weight is 371 g/mol.